The number of methoxy groups -OCH3 is 1. The molecule has 3 aromatic rings. The standard InChI is InChI=1S/C28H28N2O5/c1-3-30-20(17-34-28(30)32)14-18-8-11-21(12-9-18)35-25-13-10-19(16-26(25)33-2)15-23-22-6-4-5-7-24(22)29-27(23)31/h4-13,16,20,23H,3,14-15,17H2,1-2H3,(H,29,31). The van der Waals surface area contributed by atoms with Crippen LogP contribution in [-0.2, 0) is 22.4 Å². The fourth-order valence-corrected chi connectivity index (χ4v) is 4.78. The average molecular weight is 473 g/mol. The van der Waals surface area contributed by atoms with Crippen molar-refractivity contribution < 1.29 is 23.8 Å². The van der Waals surface area contributed by atoms with Gasteiger partial charge in [0.2, 0.25) is 5.91 Å². The highest BCUT2D eigenvalue weighted by atomic mass is 16.6. The van der Waals surface area contributed by atoms with Gasteiger partial charge in [-0.05, 0) is 66.8 Å². The van der Waals surface area contributed by atoms with Crippen LogP contribution in [0.25, 0.3) is 0 Å². The third kappa shape index (κ3) is 4.67. The number of likely N-dealkylation sites (N-methyl/N-ethyl adjacent to an activating group) is 1. The van der Waals surface area contributed by atoms with Crippen LogP contribution < -0.4 is 14.8 Å². The molecule has 3 aromatic carbocycles. The summed E-state index contributed by atoms with van der Waals surface area (Å²) in [6.45, 7) is 3.01. The van der Waals surface area contributed by atoms with Crippen LogP contribution in [0.1, 0.15) is 29.5 Å². The van der Waals surface area contributed by atoms with Gasteiger partial charge in [0.25, 0.3) is 0 Å². The SMILES string of the molecule is CCN1C(=O)OCC1Cc1ccc(Oc2ccc(CC3C(=O)Nc4ccccc43)cc2OC)cc1. The lowest BCUT2D eigenvalue weighted by Gasteiger charge is -2.19. The molecule has 0 radical (unpaired) electrons. The van der Waals surface area contributed by atoms with E-state index < -0.39 is 0 Å². The molecule has 1 fully saturated rings. The van der Waals surface area contributed by atoms with E-state index in [-0.39, 0.29) is 24.0 Å². The summed E-state index contributed by atoms with van der Waals surface area (Å²) in [4.78, 5) is 26.0. The van der Waals surface area contributed by atoms with Crippen LogP contribution in [0.2, 0.25) is 0 Å². The number of hydrogen-bond acceptors (Lipinski definition) is 5. The largest absolute Gasteiger partial charge is 0.493 e. The molecule has 0 spiro atoms. The van der Waals surface area contributed by atoms with Gasteiger partial charge in [-0.2, -0.15) is 0 Å². The third-order valence-electron chi connectivity index (χ3n) is 6.62. The maximum atomic E-state index is 12.5. The monoisotopic (exact) mass is 472 g/mol. The quantitative estimate of drug-likeness (QED) is 0.491. The average Bonchev–Trinajstić information content (AvgIpc) is 3.39. The lowest BCUT2D eigenvalue weighted by atomic mass is 9.93. The van der Waals surface area contributed by atoms with Crippen molar-refractivity contribution in [2.45, 2.75) is 31.7 Å². The van der Waals surface area contributed by atoms with Crippen LogP contribution in [0.3, 0.4) is 0 Å². The first kappa shape index (κ1) is 22.8. The van der Waals surface area contributed by atoms with Gasteiger partial charge in [-0.25, -0.2) is 4.79 Å². The van der Waals surface area contributed by atoms with Crippen LogP contribution in [-0.4, -0.2) is 43.2 Å². The highest BCUT2D eigenvalue weighted by Crippen LogP contribution is 2.37. The van der Waals surface area contributed by atoms with E-state index in [0.717, 1.165) is 28.8 Å². The van der Waals surface area contributed by atoms with Crippen molar-refractivity contribution in [3.05, 3.63) is 83.4 Å². The Balaban J connectivity index is 1.26. The Morgan fingerprint density at radius 1 is 0.971 bits per heavy atom. The van der Waals surface area contributed by atoms with E-state index in [9.17, 15) is 9.59 Å². The molecule has 2 aliphatic heterocycles. The zero-order valence-electron chi connectivity index (χ0n) is 19.8. The Kier molecular flexibility index (Phi) is 6.31. The molecule has 2 amide bonds. The zero-order chi connectivity index (χ0) is 24.4. The Labute approximate surface area is 204 Å². The van der Waals surface area contributed by atoms with Gasteiger partial charge in [-0.1, -0.05) is 36.4 Å². The lowest BCUT2D eigenvalue weighted by molar-refractivity contribution is -0.117. The van der Waals surface area contributed by atoms with E-state index in [1.807, 2.05) is 73.7 Å². The fraction of sp³-hybridized carbons (Fsp3) is 0.286. The summed E-state index contributed by atoms with van der Waals surface area (Å²) in [7, 11) is 1.61. The first-order valence-corrected chi connectivity index (χ1v) is 11.8. The fourth-order valence-electron chi connectivity index (χ4n) is 4.78. The van der Waals surface area contributed by atoms with Gasteiger partial charge in [0.05, 0.1) is 19.1 Å². The highest BCUT2D eigenvalue weighted by Gasteiger charge is 2.32. The van der Waals surface area contributed by atoms with E-state index in [1.54, 1.807) is 12.0 Å². The van der Waals surface area contributed by atoms with E-state index >= 15 is 0 Å². The van der Waals surface area contributed by atoms with Gasteiger partial charge in [0.15, 0.2) is 11.5 Å². The number of fused-ring (bicyclic) bond motifs is 1. The molecule has 1 N–H and O–H groups in total. The lowest BCUT2D eigenvalue weighted by Crippen LogP contribution is -2.34. The first-order chi connectivity index (χ1) is 17.1. The maximum Gasteiger partial charge on any atom is 0.410 e. The van der Waals surface area contributed by atoms with Crippen LogP contribution in [0.15, 0.2) is 66.7 Å². The molecular weight excluding hydrogens is 444 g/mol. The van der Waals surface area contributed by atoms with E-state index in [1.165, 1.54) is 0 Å². The molecule has 2 aliphatic rings. The molecule has 0 aromatic heterocycles. The van der Waals surface area contributed by atoms with Gasteiger partial charge in [-0.15, -0.1) is 0 Å². The molecule has 2 heterocycles. The van der Waals surface area contributed by atoms with Crippen molar-refractivity contribution in [2.75, 3.05) is 25.6 Å². The Bertz CT molecular complexity index is 1240. The Morgan fingerprint density at radius 2 is 1.74 bits per heavy atom. The molecule has 0 saturated carbocycles. The van der Waals surface area contributed by atoms with Gasteiger partial charge < -0.3 is 24.4 Å². The molecule has 7 heteroatoms. The number of ether oxygens (including phenoxy) is 3. The Hall–Kier alpha value is -4.00. The molecule has 1 saturated heterocycles. The number of hydrogen-bond donors (Lipinski definition) is 1. The van der Waals surface area contributed by atoms with E-state index in [4.69, 9.17) is 14.2 Å². The number of carbonyl (C=O) groups is 2. The number of rotatable bonds is 8. The van der Waals surface area contributed by atoms with Crippen molar-refractivity contribution in [3.63, 3.8) is 0 Å². The summed E-state index contributed by atoms with van der Waals surface area (Å²) >= 11 is 0. The highest BCUT2D eigenvalue weighted by molar-refractivity contribution is 6.03. The van der Waals surface area contributed by atoms with E-state index in [2.05, 4.69) is 5.32 Å². The van der Waals surface area contributed by atoms with Crippen molar-refractivity contribution in [1.82, 2.24) is 4.90 Å². The summed E-state index contributed by atoms with van der Waals surface area (Å²) in [6, 6.07) is 21.5. The third-order valence-corrected chi connectivity index (χ3v) is 6.62. The van der Waals surface area contributed by atoms with Crippen molar-refractivity contribution in [3.8, 4) is 17.2 Å². The number of nitrogens with one attached hydrogen (secondary N) is 1. The number of para-hydroxylation sites is 1. The van der Waals surface area contributed by atoms with Crippen molar-refractivity contribution in [1.29, 1.82) is 0 Å². The smallest absolute Gasteiger partial charge is 0.410 e. The number of anilines is 1. The minimum absolute atomic E-state index is 0.0150. The molecular formula is C28H28N2O5. The second-order valence-corrected chi connectivity index (χ2v) is 8.79. The topological polar surface area (TPSA) is 77.1 Å². The molecule has 0 bridgehead atoms. The number of cyclic esters (lactones) is 1. The minimum Gasteiger partial charge on any atom is -0.493 e. The molecule has 2 unspecified atom stereocenters. The van der Waals surface area contributed by atoms with Gasteiger partial charge in [-0.3, -0.25) is 4.79 Å². The van der Waals surface area contributed by atoms with Gasteiger partial charge in [0.1, 0.15) is 12.4 Å². The summed E-state index contributed by atoms with van der Waals surface area (Å²) in [5.74, 6) is 1.70. The number of nitrogens with zero attached hydrogens (tertiary/aromatic N) is 1. The van der Waals surface area contributed by atoms with Crippen LogP contribution in [0.4, 0.5) is 10.5 Å². The minimum atomic E-state index is -0.245. The second kappa shape index (κ2) is 9.70. The molecule has 180 valence electrons. The number of carbonyl (C=O) groups excluding carboxylic acids is 2. The molecule has 0 aliphatic carbocycles. The Morgan fingerprint density at radius 3 is 2.51 bits per heavy atom. The van der Waals surface area contributed by atoms with Crippen LogP contribution in [0.5, 0.6) is 17.2 Å². The summed E-state index contributed by atoms with van der Waals surface area (Å²) in [6.07, 6.45) is 1.07. The summed E-state index contributed by atoms with van der Waals surface area (Å²) < 4.78 is 16.9. The summed E-state index contributed by atoms with van der Waals surface area (Å²) in [5, 5.41) is 2.95. The maximum absolute atomic E-state index is 12.5. The van der Waals surface area contributed by atoms with Crippen LogP contribution in [0, 0.1) is 0 Å². The molecule has 5 rings (SSSR count). The summed E-state index contributed by atoms with van der Waals surface area (Å²) in [5.41, 5.74) is 4.01. The molecule has 7 nitrogen and oxygen atoms in total. The molecule has 35 heavy (non-hydrogen) atoms. The van der Waals surface area contributed by atoms with Crippen molar-refractivity contribution in [2.24, 2.45) is 0 Å². The predicted octanol–water partition coefficient (Wildman–Crippen LogP) is 5.15. The normalized spacial score (nSPS) is 18.7. The van der Waals surface area contributed by atoms with Gasteiger partial charge >= 0.3 is 6.09 Å². The first-order valence-electron chi connectivity index (χ1n) is 11.8. The van der Waals surface area contributed by atoms with Crippen molar-refractivity contribution >= 4 is 17.7 Å². The number of benzene rings is 3. The van der Waals surface area contributed by atoms with Crippen LogP contribution >= 0.6 is 0 Å². The second-order valence-electron chi connectivity index (χ2n) is 8.79. The zero-order valence-corrected chi connectivity index (χ0v) is 19.8. The number of amides is 2. The molecule has 2 atom stereocenters. The predicted molar refractivity (Wildman–Crippen MR) is 132 cm³/mol. The van der Waals surface area contributed by atoms with E-state index in [0.29, 0.717) is 36.8 Å². The van der Waals surface area contributed by atoms with Gasteiger partial charge in [0, 0.05) is 12.2 Å².